The molecule has 0 amide bonds. The van der Waals surface area contributed by atoms with Crippen LogP contribution >= 0.6 is 7.26 Å². The standard InChI is InChI=1S/C26H30O2P.BrH/c1-3-5-21-25(26(27)28-4-2)29(22-15-9-6-10-16-22,23-17-11-7-12-18-23)24-19-13-8-14-20-24;/h6-20,25H,3-5,21H2,1-2H3;1H/q+1;/p-1. The molecular weight excluding hydrogens is 455 g/mol. The van der Waals surface area contributed by atoms with Crippen LogP contribution in [0.4, 0.5) is 0 Å². The number of carbonyl (C=O) groups excluding carboxylic acids is 1. The summed E-state index contributed by atoms with van der Waals surface area (Å²) >= 11 is 0. The maximum absolute atomic E-state index is 13.4. The van der Waals surface area contributed by atoms with E-state index in [0.29, 0.717) is 6.61 Å². The zero-order valence-corrected chi connectivity index (χ0v) is 20.2. The van der Waals surface area contributed by atoms with E-state index in [1.54, 1.807) is 0 Å². The van der Waals surface area contributed by atoms with Crippen LogP contribution in [0.25, 0.3) is 0 Å². The van der Waals surface area contributed by atoms with Crippen LogP contribution in [0.3, 0.4) is 0 Å². The second kappa shape index (κ2) is 12.0. The lowest BCUT2D eigenvalue weighted by atomic mass is 10.2. The summed E-state index contributed by atoms with van der Waals surface area (Å²) in [5.74, 6) is -0.0779. The van der Waals surface area contributed by atoms with E-state index in [1.807, 2.05) is 25.1 Å². The van der Waals surface area contributed by atoms with Crippen molar-refractivity contribution in [1.82, 2.24) is 0 Å². The van der Waals surface area contributed by atoms with Gasteiger partial charge in [-0.05, 0) is 56.2 Å². The molecule has 3 rings (SSSR count). The molecule has 3 aromatic rings. The highest BCUT2D eigenvalue weighted by molar-refractivity contribution is 7.96. The summed E-state index contributed by atoms with van der Waals surface area (Å²) in [6, 6.07) is 31.7. The highest BCUT2D eigenvalue weighted by Crippen LogP contribution is 2.61. The lowest BCUT2D eigenvalue weighted by Gasteiger charge is -2.33. The van der Waals surface area contributed by atoms with E-state index < -0.39 is 7.26 Å². The van der Waals surface area contributed by atoms with E-state index in [9.17, 15) is 4.79 Å². The molecule has 0 aliphatic heterocycles. The number of esters is 1. The fourth-order valence-electron chi connectivity index (χ4n) is 4.08. The van der Waals surface area contributed by atoms with Crippen LogP contribution in [0, 0.1) is 0 Å². The van der Waals surface area contributed by atoms with E-state index in [1.165, 1.54) is 15.9 Å². The molecule has 30 heavy (non-hydrogen) atoms. The largest absolute Gasteiger partial charge is 1.00 e. The molecule has 1 atom stereocenters. The molecule has 1 unspecified atom stereocenters. The summed E-state index contributed by atoms with van der Waals surface area (Å²) in [6.07, 6.45) is 2.87. The lowest BCUT2D eigenvalue weighted by molar-refractivity contribution is -0.142. The minimum absolute atomic E-state index is 0. The Morgan fingerprint density at radius 3 is 1.50 bits per heavy atom. The Labute approximate surface area is 191 Å². The predicted molar refractivity (Wildman–Crippen MR) is 125 cm³/mol. The molecule has 0 saturated carbocycles. The van der Waals surface area contributed by atoms with E-state index in [2.05, 4.69) is 79.7 Å². The number of hydrogen-bond donors (Lipinski definition) is 0. The number of hydrogen-bond acceptors (Lipinski definition) is 2. The molecule has 0 aromatic heterocycles. The molecule has 3 aromatic carbocycles. The van der Waals surface area contributed by atoms with Crippen molar-refractivity contribution >= 4 is 29.1 Å². The molecule has 2 nitrogen and oxygen atoms in total. The predicted octanol–water partition coefficient (Wildman–Crippen LogP) is 2.11. The maximum Gasteiger partial charge on any atom is 0.348 e. The molecule has 0 aliphatic rings. The van der Waals surface area contributed by atoms with Crippen molar-refractivity contribution in [1.29, 1.82) is 0 Å². The average Bonchev–Trinajstić information content (AvgIpc) is 2.78. The Hall–Kier alpha value is -1.96. The first kappa shape index (κ1) is 24.3. The number of unbranched alkanes of at least 4 members (excludes halogenated alkanes) is 1. The number of carbonyl (C=O) groups is 1. The normalized spacial score (nSPS) is 11.9. The summed E-state index contributed by atoms with van der Waals surface area (Å²) in [4.78, 5) is 13.4. The first-order chi connectivity index (χ1) is 14.2. The Morgan fingerprint density at radius 2 is 1.17 bits per heavy atom. The molecule has 0 radical (unpaired) electrons. The monoisotopic (exact) mass is 484 g/mol. The Bertz CT molecular complexity index is 788. The summed E-state index contributed by atoms with van der Waals surface area (Å²) in [6.45, 7) is 4.47. The van der Waals surface area contributed by atoms with Gasteiger partial charge in [-0.1, -0.05) is 67.9 Å². The van der Waals surface area contributed by atoms with Crippen molar-refractivity contribution in [3.05, 3.63) is 91.0 Å². The zero-order valence-electron chi connectivity index (χ0n) is 17.7. The second-order valence-corrected chi connectivity index (χ2v) is 10.8. The molecule has 0 heterocycles. The molecule has 4 heteroatoms. The van der Waals surface area contributed by atoms with E-state index >= 15 is 0 Å². The zero-order chi connectivity index (χ0) is 20.5. The highest BCUT2D eigenvalue weighted by Gasteiger charge is 2.55. The van der Waals surface area contributed by atoms with Gasteiger partial charge in [0.1, 0.15) is 23.2 Å². The number of benzene rings is 3. The van der Waals surface area contributed by atoms with Crippen LogP contribution in [-0.4, -0.2) is 18.2 Å². The van der Waals surface area contributed by atoms with E-state index in [-0.39, 0.29) is 28.6 Å². The number of ether oxygens (including phenoxy) is 1. The van der Waals surface area contributed by atoms with Gasteiger partial charge in [0.05, 0.1) is 6.61 Å². The lowest BCUT2D eigenvalue weighted by Crippen LogP contribution is -3.00. The van der Waals surface area contributed by atoms with Gasteiger partial charge in [0.2, 0.25) is 0 Å². The smallest absolute Gasteiger partial charge is 0.348 e. The van der Waals surface area contributed by atoms with Crippen LogP contribution in [0.15, 0.2) is 91.0 Å². The summed E-state index contributed by atoms with van der Waals surface area (Å²) in [5, 5.41) is 3.68. The van der Waals surface area contributed by atoms with Gasteiger partial charge in [-0.2, -0.15) is 0 Å². The van der Waals surface area contributed by atoms with Crippen LogP contribution in [0.5, 0.6) is 0 Å². The maximum atomic E-state index is 13.4. The van der Waals surface area contributed by atoms with Crippen molar-refractivity contribution in [2.24, 2.45) is 0 Å². The van der Waals surface area contributed by atoms with E-state index in [4.69, 9.17) is 4.74 Å². The van der Waals surface area contributed by atoms with Gasteiger partial charge in [0.25, 0.3) is 0 Å². The first-order valence-corrected chi connectivity index (χ1v) is 12.3. The van der Waals surface area contributed by atoms with Gasteiger partial charge >= 0.3 is 5.97 Å². The van der Waals surface area contributed by atoms with Crippen LogP contribution < -0.4 is 32.9 Å². The van der Waals surface area contributed by atoms with E-state index in [0.717, 1.165) is 19.3 Å². The van der Waals surface area contributed by atoms with Gasteiger partial charge in [0, 0.05) is 0 Å². The van der Waals surface area contributed by atoms with Crippen molar-refractivity contribution in [2.75, 3.05) is 6.61 Å². The minimum Gasteiger partial charge on any atom is -1.00 e. The number of rotatable bonds is 9. The van der Waals surface area contributed by atoms with Crippen molar-refractivity contribution in [3.8, 4) is 0 Å². The van der Waals surface area contributed by atoms with Gasteiger partial charge in [-0.3, -0.25) is 0 Å². The molecule has 0 bridgehead atoms. The molecule has 0 N–H and O–H groups in total. The van der Waals surface area contributed by atoms with Gasteiger partial charge in [0.15, 0.2) is 5.66 Å². The fourth-order valence-corrected chi connectivity index (χ4v) is 8.94. The van der Waals surface area contributed by atoms with Gasteiger partial charge < -0.3 is 21.7 Å². The van der Waals surface area contributed by atoms with Crippen molar-refractivity contribution < 1.29 is 26.5 Å². The number of halogens is 1. The van der Waals surface area contributed by atoms with Crippen LogP contribution in [0.2, 0.25) is 0 Å². The van der Waals surface area contributed by atoms with Gasteiger partial charge in [-0.15, -0.1) is 0 Å². The second-order valence-electron chi connectivity index (χ2n) is 7.14. The Kier molecular flexibility index (Phi) is 9.75. The SMILES string of the molecule is CCCCC(C(=O)OCC)[P+](c1ccccc1)(c1ccccc1)c1ccccc1.[Br-]. The summed E-state index contributed by atoms with van der Waals surface area (Å²) in [7, 11) is -2.25. The molecule has 0 spiro atoms. The van der Waals surface area contributed by atoms with Crippen molar-refractivity contribution in [3.63, 3.8) is 0 Å². The highest BCUT2D eigenvalue weighted by atomic mass is 79.9. The quantitative estimate of drug-likeness (QED) is 0.343. The van der Waals surface area contributed by atoms with Crippen LogP contribution in [0.1, 0.15) is 33.1 Å². The molecule has 0 fully saturated rings. The average molecular weight is 485 g/mol. The summed E-state index contributed by atoms with van der Waals surface area (Å²) < 4.78 is 5.66. The Balaban J connectivity index is 0.00000320. The molecule has 0 aliphatic carbocycles. The Morgan fingerprint density at radius 1 is 0.767 bits per heavy atom. The topological polar surface area (TPSA) is 26.3 Å². The molecular formula is C26H30BrO2P. The third-order valence-corrected chi connectivity index (χ3v) is 10.1. The third kappa shape index (κ3) is 5.02. The molecule has 158 valence electrons. The third-order valence-electron chi connectivity index (χ3n) is 5.35. The first-order valence-electron chi connectivity index (χ1n) is 10.5. The fraction of sp³-hybridized carbons (Fsp3) is 0.269. The van der Waals surface area contributed by atoms with Crippen LogP contribution in [-0.2, 0) is 9.53 Å². The molecule has 0 saturated heterocycles. The van der Waals surface area contributed by atoms with Gasteiger partial charge in [-0.25, -0.2) is 4.79 Å². The minimum atomic E-state index is -2.25. The van der Waals surface area contributed by atoms with Crippen molar-refractivity contribution in [2.45, 2.75) is 38.8 Å². The summed E-state index contributed by atoms with van der Waals surface area (Å²) in [5.41, 5.74) is -0.199.